The van der Waals surface area contributed by atoms with Gasteiger partial charge in [0.05, 0.1) is 11.8 Å². The van der Waals surface area contributed by atoms with Gasteiger partial charge < -0.3 is 11.1 Å². The number of hydrogen-bond acceptors (Lipinski definition) is 2. The summed E-state index contributed by atoms with van der Waals surface area (Å²) in [6, 6.07) is 0. The number of carbonyl (C=O) groups is 2. The van der Waals surface area contributed by atoms with Crippen molar-refractivity contribution in [3.8, 4) is 0 Å². The Morgan fingerprint density at radius 3 is 2.20 bits per heavy atom. The number of hydrogen-bond donors (Lipinski definition) is 2. The maximum Gasteiger partial charge on any atom is 0.224 e. The zero-order chi connectivity index (χ0) is 15.9. The first-order chi connectivity index (χ1) is 9.08. The zero-order valence-corrected chi connectivity index (χ0v) is 13.3. The fourth-order valence-electron chi connectivity index (χ4n) is 2.02. The number of primary amides is 1. The van der Waals surface area contributed by atoms with Gasteiger partial charge in [-0.1, -0.05) is 17.7 Å². The van der Waals surface area contributed by atoms with Crippen molar-refractivity contribution in [2.24, 2.45) is 17.6 Å². The molecule has 0 aliphatic rings. The van der Waals surface area contributed by atoms with E-state index in [0.717, 1.165) is 5.57 Å². The second-order valence-corrected chi connectivity index (χ2v) is 6.32. The molecule has 114 valence electrons. The maximum atomic E-state index is 12.4. The minimum Gasteiger partial charge on any atom is -0.369 e. The minimum atomic E-state index is -0.509. The first-order valence-electron chi connectivity index (χ1n) is 6.95. The molecule has 0 aromatic carbocycles. The van der Waals surface area contributed by atoms with Gasteiger partial charge in [0.2, 0.25) is 11.8 Å². The van der Waals surface area contributed by atoms with Gasteiger partial charge in [0.25, 0.3) is 0 Å². The molecule has 1 unspecified atom stereocenters. The van der Waals surface area contributed by atoms with E-state index in [2.05, 4.69) is 11.9 Å². The van der Waals surface area contributed by atoms with E-state index in [0.29, 0.717) is 12.8 Å². The molecule has 4 nitrogen and oxygen atoms in total. The smallest absolute Gasteiger partial charge is 0.224 e. The van der Waals surface area contributed by atoms with Crippen molar-refractivity contribution < 1.29 is 9.59 Å². The predicted molar refractivity (Wildman–Crippen MR) is 82.9 cm³/mol. The van der Waals surface area contributed by atoms with E-state index in [-0.39, 0.29) is 11.4 Å². The van der Waals surface area contributed by atoms with Crippen molar-refractivity contribution in [3.63, 3.8) is 0 Å². The van der Waals surface area contributed by atoms with E-state index in [1.165, 1.54) is 0 Å². The molecule has 0 saturated heterocycles. The van der Waals surface area contributed by atoms with Crippen LogP contribution in [0.1, 0.15) is 47.5 Å². The number of nitrogens with one attached hydrogen (secondary N) is 1. The van der Waals surface area contributed by atoms with E-state index in [1.54, 1.807) is 0 Å². The lowest BCUT2D eigenvalue weighted by Gasteiger charge is -2.28. The largest absolute Gasteiger partial charge is 0.369 e. The highest BCUT2D eigenvalue weighted by molar-refractivity contribution is 5.87. The van der Waals surface area contributed by atoms with Crippen LogP contribution in [-0.4, -0.2) is 17.4 Å². The van der Waals surface area contributed by atoms with E-state index >= 15 is 0 Å². The van der Waals surface area contributed by atoms with Gasteiger partial charge in [0.15, 0.2) is 0 Å². The molecule has 20 heavy (non-hydrogen) atoms. The van der Waals surface area contributed by atoms with E-state index < -0.39 is 17.7 Å². The topological polar surface area (TPSA) is 72.2 Å². The number of rotatable bonds is 7. The molecule has 0 saturated carbocycles. The average molecular weight is 280 g/mol. The van der Waals surface area contributed by atoms with Crippen LogP contribution in [0.4, 0.5) is 0 Å². The summed E-state index contributed by atoms with van der Waals surface area (Å²) in [6.45, 7) is 13.3. The van der Waals surface area contributed by atoms with Gasteiger partial charge in [-0.2, -0.15) is 0 Å². The standard InChI is InChI=1S/C16H28N2O2/c1-7-8-9-12(14(17)19)13(10-11(2)3)15(20)18-16(4,5)6/h7-8,12-13H,2,9-10H2,1,3-6H3,(H2,17,19)(H,18,20)/b8-7+/t12?,13-/m1/s1. The van der Waals surface area contributed by atoms with Crippen LogP contribution in [0.5, 0.6) is 0 Å². The van der Waals surface area contributed by atoms with Gasteiger partial charge in [-0.15, -0.1) is 6.58 Å². The molecule has 0 radical (unpaired) electrons. The summed E-state index contributed by atoms with van der Waals surface area (Å²) in [6.07, 6.45) is 4.66. The lowest BCUT2D eigenvalue weighted by atomic mass is 9.83. The first-order valence-corrected chi connectivity index (χ1v) is 6.95. The second-order valence-electron chi connectivity index (χ2n) is 6.32. The van der Waals surface area contributed by atoms with Gasteiger partial charge in [0, 0.05) is 5.54 Å². The third-order valence-corrected chi connectivity index (χ3v) is 2.88. The summed E-state index contributed by atoms with van der Waals surface area (Å²) in [5.74, 6) is -1.57. The Hall–Kier alpha value is -1.58. The molecule has 0 spiro atoms. The summed E-state index contributed by atoms with van der Waals surface area (Å²) in [5, 5.41) is 2.92. The second kappa shape index (κ2) is 7.88. The van der Waals surface area contributed by atoms with Gasteiger partial charge in [0.1, 0.15) is 0 Å². The van der Waals surface area contributed by atoms with Crippen LogP contribution in [-0.2, 0) is 9.59 Å². The Morgan fingerprint density at radius 2 is 1.85 bits per heavy atom. The number of nitrogens with two attached hydrogens (primary N) is 1. The average Bonchev–Trinajstić information content (AvgIpc) is 2.24. The van der Waals surface area contributed by atoms with E-state index in [9.17, 15) is 9.59 Å². The first kappa shape index (κ1) is 18.4. The molecular weight excluding hydrogens is 252 g/mol. The third kappa shape index (κ3) is 7.12. The molecule has 0 rings (SSSR count). The molecule has 0 aliphatic heterocycles. The Morgan fingerprint density at radius 1 is 1.30 bits per heavy atom. The van der Waals surface area contributed by atoms with Crippen molar-refractivity contribution in [1.82, 2.24) is 5.32 Å². The van der Waals surface area contributed by atoms with Gasteiger partial charge in [-0.05, 0) is 47.5 Å². The summed E-state index contributed by atoms with van der Waals surface area (Å²) in [7, 11) is 0. The van der Waals surface area contributed by atoms with Crippen molar-refractivity contribution >= 4 is 11.8 Å². The lowest BCUT2D eigenvalue weighted by molar-refractivity contribution is -0.134. The molecule has 0 aromatic rings. The van der Waals surface area contributed by atoms with Crippen LogP contribution in [0.15, 0.2) is 24.3 Å². The fraction of sp³-hybridized carbons (Fsp3) is 0.625. The quantitative estimate of drug-likeness (QED) is 0.703. The zero-order valence-electron chi connectivity index (χ0n) is 13.3. The highest BCUT2D eigenvalue weighted by Crippen LogP contribution is 2.24. The molecule has 2 atom stereocenters. The van der Waals surface area contributed by atoms with Crippen molar-refractivity contribution in [3.05, 3.63) is 24.3 Å². The lowest BCUT2D eigenvalue weighted by Crippen LogP contribution is -2.47. The van der Waals surface area contributed by atoms with Gasteiger partial charge in [-0.25, -0.2) is 0 Å². The van der Waals surface area contributed by atoms with Crippen LogP contribution >= 0.6 is 0 Å². The minimum absolute atomic E-state index is 0.145. The van der Waals surface area contributed by atoms with Gasteiger partial charge >= 0.3 is 0 Å². The molecule has 0 aromatic heterocycles. The van der Waals surface area contributed by atoms with Crippen molar-refractivity contribution in [2.45, 2.75) is 53.0 Å². The Kier molecular flexibility index (Phi) is 7.25. The number of carbonyl (C=O) groups excluding carboxylic acids is 2. The summed E-state index contributed by atoms with van der Waals surface area (Å²) in [4.78, 5) is 24.1. The Balaban J connectivity index is 5.22. The Bertz CT molecular complexity index is 392. The van der Waals surface area contributed by atoms with Gasteiger partial charge in [-0.3, -0.25) is 9.59 Å². The monoisotopic (exact) mass is 280 g/mol. The van der Waals surface area contributed by atoms with E-state index in [4.69, 9.17) is 5.73 Å². The van der Waals surface area contributed by atoms with Crippen LogP contribution < -0.4 is 11.1 Å². The summed E-state index contributed by atoms with van der Waals surface area (Å²) in [5.41, 5.74) is 6.00. The molecule has 3 N–H and O–H groups in total. The highest BCUT2D eigenvalue weighted by atomic mass is 16.2. The molecule has 0 aliphatic carbocycles. The Labute approximate surface area is 122 Å². The molecule has 0 bridgehead atoms. The van der Waals surface area contributed by atoms with Crippen LogP contribution in [0.2, 0.25) is 0 Å². The number of amides is 2. The molecule has 0 fully saturated rings. The van der Waals surface area contributed by atoms with E-state index in [1.807, 2.05) is 46.8 Å². The predicted octanol–water partition coefficient (Wildman–Crippen LogP) is 2.55. The van der Waals surface area contributed by atoms with Crippen molar-refractivity contribution in [2.75, 3.05) is 0 Å². The normalized spacial score (nSPS) is 14.8. The van der Waals surface area contributed by atoms with Crippen LogP contribution in [0.25, 0.3) is 0 Å². The molecule has 0 heterocycles. The maximum absolute atomic E-state index is 12.4. The summed E-state index contributed by atoms with van der Waals surface area (Å²) >= 11 is 0. The van der Waals surface area contributed by atoms with Crippen LogP contribution in [0, 0.1) is 11.8 Å². The highest BCUT2D eigenvalue weighted by Gasteiger charge is 2.33. The van der Waals surface area contributed by atoms with Crippen LogP contribution in [0.3, 0.4) is 0 Å². The SMILES string of the molecule is C=C(C)C[C@@H](C(=O)NC(C)(C)C)C(C/C=C/C)C(N)=O. The number of allylic oxidation sites excluding steroid dienone is 3. The molecule has 4 heteroatoms. The summed E-state index contributed by atoms with van der Waals surface area (Å²) < 4.78 is 0. The molecule has 2 amide bonds. The fourth-order valence-corrected chi connectivity index (χ4v) is 2.02. The molecular formula is C16H28N2O2. The third-order valence-electron chi connectivity index (χ3n) is 2.88. The van der Waals surface area contributed by atoms with Crippen molar-refractivity contribution in [1.29, 1.82) is 0 Å².